The van der Waals surface area contributed by atoms with Crippen LogP contribution in [0.4, 0.5) is 0 Å². The van der Waals surface area contributed by atoms with E-state index in [1.807, 2.05) is 0 Å². The zero-order chi connectivity index (χ0) is 6.41. The van der Waals surface area contributed by atoms with Gasteiger partial charge in [0.1, 0.15) is 0 Å². The maximum atomic E-state index is 3.49. The zero-order valence-corrected chi connectivity index (χ0v) is 7.61. The quantitative estimate of drug-likeness (QED) is 0.441. The normalized spacial score (nSPS) is 12.0. The van der Waals surface area contributed by atoms with Crippen molar-refractivity contribution in [2.24, 2.45) is 0 Å². The third kappa shape index (κ3) is 6.18. The summed E-state index contributed by atoms with van der Waals surface area (Å²) in [6.07, 6.45) is 1.35. The predicted molar refractivity (Wildman–Crippen MR) is 41.9 cm³/mol. The van der Waals surface area contributed by atoms with Gasteiger partial charge in [-0.25, -0.2) is 0 Å². The number of hydrogen-bond acceptors (Lipinski definition) is 1. The molecule has 0 aliphatic heterocycles. The molecule has 0 unspecified atom stereocenters. The minimum absolute atomic E-state index is 0.114. The molecule has 1 nitrogen and oxygen atoms in total. The molecule has 0 aliphatic rings. The summed E-state index contributed by atoms with van der Waals surface area (Å²) in [5.41, 5.74) is 0. The van der Waals surface area contributed by atoms with Gasteiger partial charge in [0.2, 0.25) is 0 Å². The Balaban J connectivity index is 2.72. The fourth-order valence-electron chi connectivity index (χ4n) is 0.568. The Morgan fingerprint density at radius 2 is 2.12 bits per heavy atom. The van der Waals surface area contributed by atoms with Crippen molar-refractivity contribution in [3.05, 3.63) is 0 Å². The SMILES string of the molecule is CCC[SiH2]NC(C)C. The summed E-state index contributed by atoms with van der Waals surface area (Å²) in [5, 5.41) is 0. The molecule has 0 atom stereocenters. The highest BCUT2D eigenvalue weighted by molar-refractivity contribution is 6.32. The van der Waals surface area contributed by atoms with Gasteiger partial charge in [0.25, 0.3) is 0 Å². The topological polar surface area (TPSA) is 12.0 Å². The van der Waals surface area contributed by atoms with Crippen molar-refractivity contribution in [2.75, 3.05) is 0 Å². The second kappa shape index (κ2) is 5.32. The van der Waals surface area contributed by atoms with Crippen LogP contribution in [0.3, 0.4) is 0 Å². The minimum Gasteiger partial charge on any atom is -0.340 e. The van der Waals surface area contributed by atoms with Crippen molar-refractivity contribution in [3.8, 4) is 0 Å². The summed E-state index contributed by atoms with van der Waals surface area (Å²) in [5.74, 6) is 0. The van der Waals surface area contributed by atoms with E-state index in [-0.39, 0.29) is 9.68 Å². The van der Waals surface area contributed by atoms with Crippen molar-refractivity contribution < 1.29 is 0 Å². The second-order valence-electron chi connectivity index (χ2n) is 2.46. The lowest BCUT2D eigenvalue weighted by Crippen LogP contribution is -2.26. The first-order valence-electron chi connectivity index (χ1n) is 3.50. The van der Waals surface area contributed by atoms with Gasteiger partial charge in [-0.3, -0.25) is 0 Å². The Morgan fingerprint density at radius 1 is 1.50 bits per heavy atom. The van der Waals surface area contributed by atoms with Crippen molar-refractivity contribution >= 4 is 9.68 Å². The third-order valence-corrected chi connectivity index (χ3v) is 3.25. The Morgan fingerprint density at radius 3 is 2.50 bits per heavy atom. The zero-order valence-electron chi connectivity index (χ0n) is 6.20. The predicted octanol–water partition coefficient (Wildman–Crippen LogP) is 0.897. The summed E-state index contributed by atoms with van der Waals surface area (Å²) in [7, 11) is 0.114. The molecule has 1 N–H and O–H groups in total. The average Bonchev–Trinajstić information content (AvgIpc) is 1.66. The van der Waals surface area contributed by atoms with Crippen LogP contribution in [-0.4, -0.2) is 15.7 Å². The molecule has 8 heavy (non-hydrogen) atoms. The summed E-state index contributed by atoms with van der Waals surface area (Å²) < 4.78 is 0. The van der Waals surface area contributed by atoms with Crippen LogP contribution in [0.15, 0.2) is 0 Å². The van der Waals surface area contributed by atoms with Gasteiger partial charge in [-0.1, -0.05) is 33.2 Å². The first-order chi connectivity index (χ1) is 3.77. The lowest BCUT2D eigenvalue weighted by Gasteiger charge is -2.04. The molecule has 0 saturated heterocycles. The summed E-state index contributed by atoms with van der Waals surface area (Å²) in [6, 6.07) is 2.16. The van der Waals surface area contributed by atoms with Crippen LogP contribution in [0.25, 0.3) is 0 Å². The molecule has 0 fully saturated rings. The molecule has 0 aromatic heterocycles. The fourth-order valence-corrected chi connectivity index (χ4v) is 1.70. The highest BCUT2D eigenvalue weighted by Gasteiger charge is 1.88. The molecule has 0 aliphatic carbocycles. The Hall–Kier alpha value is 0.177. The number of hydrogen-bond donors (Lipinski definition) is 1. The summed E-state index contributed by atoms with van der Waals surface area (Å²) in [6.45, 7) is 6.67. The summed E-state index contributed by atoms with van der Waals surface area (Å²) in [4.78, 5) is 3.49. The van der Waals surface area contributed by atoms with E-state index in [0.29, 0.717) is 6.04 Å². The van der Waals surface area contributed by atoms with E-state index in [2.05, 4.69) is 25.8 Å². The first kappa shape index (κ1) is 8.18. The molecule has 0 radical (unpaired) electrons. The van der Waals surface area contributed by atoms with Crippen molar-refractivity contribution in [1.29, 1.82) is 0 Å². The van der Waals surface area contributed by atoms with Crippen LogP contribution < -0.4 is 4.98 Å². The van der Waals surface area contributed by atoms with Crippen LogP contribution in [0.1, 0.15) is 27.2 Å². The van der Waals surface area contributed by atoms with E-state index >= 15 is 0 Å². The molecule has 0 saturated carbocycles. The lowest BCUT2D eigenvalue weighted by atomic mass is 10.4. The van der Waals surface area contributed by atoms with Gasteiger partial charge >= 0.3 is 0 Å². The molecular weight excluding hydrogens is 114 g/mol. The van der Waals surface area contributed by atoms with E-state index < -0.39 is 0 Å². The molecule has 0 rings (SSSR count). The number of nitrogens with one attached hydrogen (secondary N) is 1. The van der Waals surface area contributed by atoms with Crippen molar-refractivity contribution in [1.82, 2.24) is 4.98 Å². The largest absolute Gasteiger partial charge is 0.340 e. The smallest absolute Gasteiger partial charge is 0.0918 e. The van der Waals surface area contributed by atoms with Crippen LogP contribution in [0.2, 0.25) is 6.04 Å². The Labute approximate surface area is 54.8 Å². The molecule has 2 heteroatoms. The minimum atomic E-state index is 0.114. The highest BCUT2D eigenvalue weighted by Crippen LogP contribution is 1.83. The monoisotopic (exact) mass is 131 g/mol. The van der Waals surface area contributed by atoms with Crippen LogP contribution in [0, 0.1) is 0 Å². The van der Waals surface area contributed by atoms with Crippen molar-refractivity contribution in [3.63, 3.8) is 0 Å². The lowest BCUT2D eigenvalue weighted by molar-refractivity contribution is 0.748. The van der Waals surface area contributed by atoms with Gasteiger partial charge < -0.3 is 4.98 Å². The van der Waals surface area contributed by atoms with Crippen molar-refractivity contribution in [2.45, 2.75) is 39.3 Å². The van der Waals surface area contributed by atoms with Gasteiger partial charge in [0, 0.05) is 0 Å². The maximum absolute atomic E-state index is 3.49. The first-order valence-corrected chi connectivity index (χ1v) is 5.21. The highest BCUT2D eigenvalue weighted by atomic mass is 28.2. The van der Waals surface area contributed by atoms with Crippen LogP contribution in [0.5, 0.6) is 0 Å². The van der Waals surface area contributed by atoms with Crippen LogP contribution >= 0.6 is 0 Å². The van der Waals surface area contributed by atoms with Gasteiger partial charge in [0.15, 0.2) is 0 Å². The Bertz CT molecular complexity index is 45.8. The molecule has 0 aromatic carbocycles. The molecule has 0 amide bonds. The van der Waals surface area contributed by atoms with Gasteiger partial charge in [0.05, 0.1) is 9.68 Å². The summed E-state index contributed by atoms with van der Waals surface area (Å²) >= 11 is 0. The maximum Gasteiger partial charge on any atom is 0.0918 e. The standard InChI is InChI=1S/C6H17NSi/c1-4-5-8-7-6(2)3/h6-7H,4-5,8H2,1-3H3. The third-order valence-electron chi connectivity index (χ3n) is 1.08. The molecule has 0 heterocycles. The Kier molecular flexibility index (Phi) is 5.43. The second-order valence-corrected chi connectivity index (χ2v) is 4.08. The van der Waals surface area contributed by atoms with Gasteiger partial charge in [-0.05, 0) is 6.04 Å². The van der Waals surface area contributed by atoms with E-state index in [9.17, 15) is 0 Å². The van der Waals surface area contributed by atoms with Crippen LogP contribution in [-0.2, 0) is 0 Å². The van der Waals surface area contributed by atoms with E-state index in [1.165, 1.54) is 12.5 Å². The van der Waals surface area contributed by atoms with Gasteiger partial charge in [-0.15, -0.1) is 0 Å². The molecule has 0 aromatic rings. The molecule has 50 valence electrons. The number of rotatable bonds is 4. The molecular formula is C6H17NSi. The molecule has 0 spiro atoms. The van der Waals surface area contributed by atoms with Gasteiger partial charge in [-0.2, -0.15) is 0 Å². The van der Waals surface area contributed by atoms with E-state index in [0.717, 1.165) is 0 Å². The van der Waals surface area contributed by atoms with E-state index in [1.54, 1.807) is 0 Å². The van der Waals surface area contributed by atoms with E-state index in [4.69, 9.17) is 0 Å². The average molecular weight is 131 g/mol. The fraction of sp³-hybridized carbons (Fsp3) is 1.00. The molecule has 0 bridgehead atoms.